The molecule has 15 rings (SSSR count). The lowest BCUT2D eigenvalue weighted by Crippen LogP contribution is -2.11. The maximum atomic E-state index is 2.70. The van der Waals surface area contributed by atoms with Gasteiger partial charge in [-0.15, -0.1) is 0 Å². The van der Waals surface area contributed by atoms with Gasteiger partial charge in [0.25, 0.3) is 0 Å². The quantitative estimate of drug-likeness (QED) is 0.155. The molecule has 2 heteroatoms. The minimum atomic E-state index is -0.0870. The predicted octanol–water partition coefficient (Wildman–Crippen LogP) is 22.2. The Hall–Kier alpha value is -8.46. The zero-order chi connectivity index (χ0) is 55.1. The molecule has 0 amide bonds. The van der Waals surface area contributed by atoms with Crippen LogP contribution in [0.3, 0.4) is 0 Å². The summed E-state index contributed by atoms with van der Waals surface area (Å²) in [6.45, 7) is 28.3. The Morgan fingerprint density at radius 1 is 0.225 bits per heavy atom. The molecule has 11 aromatic carbocycles. The first-order valence-corrected chi connectivity index (χ1v) is 28.9. The van der Waals surface area contributed by atoms with Crippen LogP contribution in [0.15, 0.2) is 194 Å². The first-order chi connectivity index (χ1) is 38.3. The third kappa shape index (κ3) is 6.90. The van der Waals surface area contributed by atoms with Crippen molar-refractivity contribution in [2.45, 2.75) is 105 Å². The minimum Gasteiger partial charge on any atom is -0.307 e. The standard InChI is InChI=1S/C78H68N2/c1-75(2,3)47-34-36-65-57(38-47)59-40-49(77(7,8)9)42-61-63-44-64-62-43-50(78(10,11)12)41-60-58-39-48(76(4,5)6)35-37-66(58)80(72(60)62)74(64)70(73(63)79(65)71(59)61)69-55-30-21-19-28-53(55)68(54-29-20-22-31-56(54)69)67-51(45-24-15-13-16-25-45)32-23-33-52(67)46-26-17-14-18-27-46/h13-44H,1-12H3. The lowest BCUT2D eigenvalue weighted by atomic mass is 9.80. The summed E-state index contributed by atoms with van der Waals surface area (Å²) >= 11 is 0. The van der Waals surface area contributed by atoms with Crippen molar-refractivity contribution in [3.05, 3.63) is 216 Å². The molecule has 80 heavy (non-hydrogen) atoms. The third-order valence-corrected chi connectivity index (χ3v) is 18.2. The third-order valence-electron chi connectivity index (χ3n) is 18.2. The molecule has 0 atom stereocenters. The second-order valence-corrected chi connectivity index (χ2v) is 27.3. The summed E-state index contributed by atoms with van der Waals surface area (Å²) in [4.78, 5) is 0. The molecule has 2 nitrogen and oxygen atoms in total. The highest BCUT2D eigenvalue weighted by atomic mass is 14.9. The molecular weight excluding hydrogens is 965 g/mol. The van der Waals surface area contributed by atoms with E-state index < -0.39 is 0 Å². The van der Waals surface area contributed by atoms with E-state index in [4.69, 9.17) is 0 Å². The van der Waals surface area contributed by atoms with Gasteiger partial charge < -0.3 is 8.80 Å². The summed E-state index contributed by atoms with van der Waals surface area (Å²) < 4.78 is 5.40. The second-order valence-electron chi connectivity index (χ2n) is 27.3. The summed E-state index contributed by atoms with van der Waals surface area (Å²) in [5.74, 6) is 0. The van der Waals surface area contributed by atoms with E-state index in [1.165, 1.54) is 164 Å². The van der Waals surface area contributed by atoms with Crippen LogP contribution in [0, 0.1) is 0 Å². The summed E-state index contributed by atoms with van der Waals surface area (Å²) in [7, 11) is 0. The highest BCUT2D eigenvalue weighted by molar-refractivity contribution is 6.36. The zero-order valence-electron chi connectivity index (χ0n) is 48.4. The monoisotopic (exact) mass is 1030 g/mol. The van der Waals surface area contributed by atoms with Crippen LogP contribution in [0.1, 0.15) is 105 Å². The molecule has 0 aliphatic rings. The van der Waals surface area contributed by atoms with E-state index in [1.807, 2.05) is 0 Å². The number of nitrogens with zero attached hydrogens (tertiary/aromatic N) is 2. The van der Waals surface area contributed by atoms with Crippen LogP contribution < -0.4 is 0 Å². The summed E-state index contributed by atoms with van der Waals surface area (Å²) in [6.07, 6.45) is 0. The van der Waals surface area contributed by atoms with E-state index in [2.05, 4.69) is 286 Å². The summed E-state index contributed by atoms with van der Waals surface area (Å²) in [5, 5.41) is 15.4. The Kier molecular flexibility index (Phi) is 10.1. The molecule has 0 fully saturated rings. The van der Waals surface area contributed by atoms with Crippen LogP contribution in [0.2, 0.25) is 0 Å². The van der Waals surface area contributed by atoms with Crippen molar-refractivity contribution in [3.8, 4) is 44.5 Å². The van der Waals surface area contributed by atoms with Crippen LogP contribution in [-0.2, 0) is 21.7 Å². The van der Waals surface area contributed by atoms with Crippen molar-refractivity contribution in [1.29, 1.82) is 0 Å². The van der Waals surface area contributed by atoms with Gasteiger partial charge in [-0.2, -0.15) is 0 Å². The van der Waals surface area contributed by atoms with Gasteiger partial charge in [-0.25, -0.2) is 0 Å². The minimum absolute atomic E-state index is 0.0223. The first-order valence-electron chi connectivity index (χ1n) is 28.9. The second kappa shape index (κ2) is 16.6. The maximum Gasteiger partial charge on any atom is 0.0642 e. The van der Waals surface area contributed by atoms with Crippen LogP contribution >= 0.6 is 0 Å². The molecule has 390 valence electrons. The maximum absolute atomic E-state index is 2.70. The van der Waals surface area contributed by atoms with Crippen molar-refractivity contribution in [1.82, 2.24) is 8.80 Å². The molecule has 0 aliphatic heterocycles. The van der Waals surface area contributed by atoms with Crippen molar-refractivity contribution >= 4 is 97.7 Å². The molecular formula is C78H68N2. The largest absolute Gasteiger partial charge is 0.307 e. The lowest BCUT2D eigenvalue weighted by molar-refractivity contribution is 0.590. The fourth-order valence-corrected chi connectivity index (χ4v) is 13.9. The van der Waals surface area contributed by atoms with Gasteiger partial charge in [-0.1, -0.05) is 223 Å². The van der Waals surface area contributed by atoms with E-state index in [1.54, 1.807) is 0 Å². The number of fused-ring (bicyclic) bond motifs is 14. The van der Waals surface area contributed by atoms with E-state index >= 15 is 0 Å². The Balaban J connectivity index is 1.23. The van der Waals surface area contributed by atoms with Gasteiger partial charge in [-0.05, 0) is 153 Å². The Morgan fingerprint density at radius 3 is 0.900 bits per heavy atom. The fourth-order valence-electron chi connectivity index (χ4n) is 13.9. The smallest absolute Gasteiger partial charge is 0.0642 e. The molecule has 0 aliphatic carbocycles. The van der Waals surface area contributed by atoms with Gasteiger partial charge >= 0.3 is 0 Å². The Bertz CT molecular complexity index is 4740. The van der Waals surface area contributed by atoms with Crippen LogP contribution in [-0.4, -0.2) is 8.80 Å². The molecule has 0 bridgehead atoms. The number of hydrogen-bond acceptors (Lipinski definition) is 0. The highest BCUT2D eigenvalue weighted by Gasteiger charge is 2.33. The Morgan fingerprint density at radius 2 is 0.537 bits per heavy atom. The molecule has 15 aromatic rings. The molecule has 0 spiro atoms. The van der Waals surface area contributed by atoms with Gasteiger partial charge in [0.2, 0.25) is 0 Å². The zero-order valence-corrected chi connectivity index (χ0v) is 48.4. The van der Waals surface area contributed by atoms with Gasteiger partial charge in [0.15, 0.2) is 0 Å². The van der Waals surface area contributed by atoms with Crippen LogP contribution in [0.5, 0.6) is 0 Å². The lowest BCUT2D eigenvalue weighted by Gasteiger charge is -2.23. The topological polar surface area (TPSA) is 8.82 Å². The van der Waals surface area contributed by atoms with Crippen molar-refractivity contribution in [3.63, 3.8) is 0 Å². The molecule has 4 heterocycles. The van der Waals surface area contributed by atoms with Gasteiger partial charge in [0.1, 0.15) is 0 Å². The van der Waals surface area contributed by atoms with Crippen LogP contribution in [0.25, 0.3) is 142 Å². The van der Waals surface area contributed by atoms with Gasteiger partial charge in [0.05, 0.1) is 33.1 Å². The average Bonchev–Trinajstić information content (AvgIpc) is 4.26. The van der Waals surface area contributed by atoms with E-state index in [0.29, 0.717) is 0 Å². The SMILES string of the molecule is CC(C)(C)c1ccc2c(c1)c1cc(C(C)(C)C)cc3c4cc5c6cc(C(C)(C)C)cc7c8cc(C(C)(C)C)ccc8n(c5c(-c5c8ccccc8c(-c8c(-c9ccccc9)cccc8-c8ccccc8)c8ccccc58)c4n2c13)c76. The van der Waals surface area contributed by atoms with E-state index in [0.717, 1.165) is 0 Å². The molecule has 0 unspecified atom stereocenters. The average molecular weight is 1030 g/mol. The van der Waals surface area contributed by atoms with E-state index in [-0.39, 0.29) is 21.7 Å². The van der Waals surface area contributed by atoms with Crippen molar-refractivity contribution in [2.24, 2.45) is 0 Å². The normalized spacial score (nSPS) is 13.2. The van der Waals surface area contributed by atoms with Crippen molar-refractivity contribution in [2.75, 3.05) is 0 Å². The molecule has 4 aromatic heterocycles. The molecule has 0 N–H and O–H groups in total. The summed E-state index contributed by atoms with van der Waals surface area (Å²) in [5.41, 5.74) is 22.7. The number of rotatable bonds is 4. The van der Waals surface area contributed by atoms with E-state index in [9.17, 15) is 0 Å². The van der Waals surface area contributed by atoms with Gasteiger partial charge in [-0.3, -0.25) is 0 Å². The molecule has 0 radical (unpaired) electrons. The van der Waals surface area contributed by atoms with Crippen LogP contribution in [0.4, 0.5) is 0 Å². The molecule has 0 saturated carbocycles. The number of benzene rings is 11. The number of hydrogen-bond donors (Lipinski definition) is 0. The number of aromatic nitrogens is 2. The first kappa shape index (κ1) is 48.6. The van der Waals surface area contributed by atoms with Gasteiger partial charge in [0, 0.05) is 54.2 Å². The Labute approximate surface area is 469 Å². The molecule has 0 saturated heterocycles. The highest BCUT2D eigenvalue weighted by Crippen LogP contribution is 2.56. The predicted molar refractivity (Wildman–Crippen MR) is 347 cm³/mol. The summed E-state index contributed by atoms with van der Waals surface area (Å²) in [6, 6.07) is 75.1. The fraction of sp³-hybridized carbons (Fsp3) is 0.205. The van der Waals surface area contributed by atoms with Crippen molar-refractivity contribution < 1.29 is 0 Å².